The van der Waals surface area contributed by atoms with Crippen molar-refractivity contribution in [2.45, 2.75) is 27.3 Å². The second-order valence-electron chi connectivity index (χ2n) is 7.56. The number of benzene rings is 2. The number of ketones is 1. The fourth-order valence-corrected chi connectivity index (χ4v) is 3.55. The molecule has 2 aromatic heterocycles. The quantitative estimate of drug-likeness (QED) is 0.486. The van der Waals surface area contributed by atoms with Gasteiger partial charge in [-0.3, -0.25) is 14.2 Å². The smallest absolute Gasteiger partial charge is 0.335 e. The standard InChI is InChI=1S/C23H20FN5O3/c1-12-4-5-15(10-13(12)2)18(30)11-28-20-19(21(25)31)26-14(3)27-22(20)29(23(28)32)17-8-6-16(24)7-9-17/h4-10H,11H2,1-3H3,(H2,25,31). The Morgan fingerprint density at radius 3 is 2.31 bits per heavy atom. The molecule has 0 aliphatic carbocycles. The van der Waals surface area contributed by atoms with Gasteiger partial charge in [0.25, 0.3) is 5.91 Å². The Hall–Kier alpha value is -4.14. The van der Waals surface area contributed by atoms with Crippen LogP contribution in [0.5, 0.6) is 0 Å². The van der Waals surface area contributed by atoms with Crippen molar-refractivity contribution < 1.29 is 14.0 Å². The van der Waals surface area contributed by atoms with Crippen LogP contribution in [0.2, 0.25) is 0 Å². The van der Waals surface area contributed by atoms with E-state index in [1.807, 2.05) is 19.9 Å². The monoisotopic (exact) mass is 433 g/mol. The van der Waals surface area contributed by atoms with E-state index in [0.717, 1.165) is 15.7 Å². The number of imidazole rings is 1. The fraction of sp³-hybridized carbons (Fsp3) is 0.174. The number of nitrogens with zero attached hydrogens (tertiary/aromatic N) is 4. The van der Waals surface area contributed by atoms with Crippen molar-refractivity contribution in [3.8, 4) is 5.69 Å². The molecule has 8 nitrogen and oxygen atoms in total. The molecule has 2 heterocycles. The minimum Gasteiger partial charge on any atom is -0.364 e. The topological polar surface area (TPSA) is 113 Å². The number of Topliss-reactive ketones (excluding diaryl/α,β-unsaturated/α-hetero) is 1. The summed E-state index contributed by atoms with van der Waals surface area (Å²) < 4.78 is 15.8. The molecule has 0 saturated carbocycles. The highest BCUT2D eigenvalue weighted by atomic mass is 19.1. The zero-order chi connectivity index (χ0) is 23.2. The number of primary amides is 1. The second-order valence-corrected chi connectivity index (χ2v) is 7.56. The maximum absolute atomic E-state index is 13.5. The largest absolute Gasteiger partial charge is 0.364 e. The van der Waals surface area contributed by atoms with Crippen LogP contribution in [0.4, 0.5) is 4.39 Å². The third kappa shape index (κ3) is 3.58. The van der Waals surface area contributed by atoms with Crippen LogP contribution in [0.3, 0.4) is 0 Å². The first-order chi connectivity index (χ1) is 15.2. The van der Waals surface area contributed by atoms with Gasteiger partial charge < -0.3 is 5.73 Å². The Morgan fingerprint density at radius 1 is 1.00 bits per heavy atom. The van der Waals surface area contributed by atoms with E-state index in [0.29, 0.717) is 11.3 Å². The molecular weight excluding hydrogens is 413 g/mol. The number of amides is 1. The van der Waals surface area contributed by atoms with Crippen molar-refractivity contribution in [1.82, 2.24) is 19.1 Å². The molecule has 9 heteroatoms. The summed E-state index contributed by atoms with van der Waals surface area (Å²) in [5.41, 5.74) is 7.62. The van der Waals surface area contributed by atoms with Crippen LogP contribution in [-0.4, -0.2) is 30.8 Å². The molecule has 1 amide bonds. The van der Waals surface area contributed by atoms with Gasteiger partial charge in [0.1, 0.15) is 17.2 Å². The van der Waals surface area contributed by atoms with E-state index in [-0.39, 0.29) is 35.0 Å². The molecule has 0 aliphatic heterocycles. The number of fused-ring (bicyclic) bond motifs is 1. The molecular formula is C23H20FN5O3. The number of hydrogen-bond donors (Lipinski definition) is 1. The summed E-state index contributed by atoms with van der Waals surface area (Å²) in [5, 5.41) is 0. The van der Waals surface area contributed by atoms with E-state index < -0.39 is 17.4 Å². The molecule has 0 atom stereocenters. The van der Waals surface area contributed by atoms with Crippen LogP contribution in [0, 0.1) is 26.6 Å². The van der Waals surface area contributed by atoms with Gasteiger partial charge in [0, 0.05) is 5.56 Å². The lowest BCUT2D eigenvalue weighted by atomic mass is 10.0. The van der Waals surface area contributed by atoms with Gasteiger partial charge >= 0.3 is 5.69 Å². The summed E-state index contributed by atoms with van der Waals surface area (Å²) in [6.45, 7) is 5.03. The van der Waals surface area contributed by atoms with Crippen molar-refractivity contribution in [3.63, 3.8) is 0 Å². The Bertz CT molecular complexity index is 1450. The minimum atomic E-state index is -0.857. The molecule has 0 unspecified atom stereocenters. The highest BCUT2D eigenvalue weighted by molar-refractivity contribution is 6.03. The molecule has 0 saturated heterocycles. The van der Waals surface area contributed by atoms with Gasteiger partial charge in [0.05, 0.1) is 12.2 Å². The summed E-state index contributed by atoms with van der Waals surface area (Å²) in [7, 11) is 0. The van der Waals surface area contributed by atoms with Crippen LogP contribution in [0.15, 0.2) is 47.3 Å². The highest BCUT2D eigenvalue weighted by Gasteiger charge is 2.24. The van der Waals surface area contributed by atoms with Crippen LogP contribution < -0.4 is 11.4 Å². The van der Waals surface area contributed by atoms with Crippen molar-refractivity contribution in [2.24, 2.45) is 5.73 Å². The van der Waals surface area contributed by atoms with E-state index in [4.69, 9.17) is 5.73 Å². The molecule has 4 rings (SSSR count). The first-order valence-corrected chi connectivity index (χ1v) is 9.83. The van der Waals surface area contributed by atoms with Crippen molar-refractivity contribution in [3.05, 3.63) is 87.0 Å². The zero-order valence-electron chi connectivity index (χ0n) is 17.7. The average molecular weight is 433 g/mol. The van der Waals surface area contributed by atoms with Gasteiger partial charge in [-0.15, -0.1) is 0 Å². The highest BCUT2D eigenvalue weighted by Crippen LogP contribution is 2.20. The molecule has 4 aromatic rings. The maximum atomic E-state index is 13.5. The van der Waals surface area contributed by atoms with E-state index in [9.17, 15) is 18.8 Å². The molecule has 0 spiro atoms. The van der Waals surface area contributed by atoms with E-state index in [1.165, 1.54) is 28.8 Å². The molecule has 2 aromatic carbocycles. The van der Waals surface area contributed by atoms with Gasteiger partial charge in [-0.1, -0.05) is 12.1 Å². The molecule has 162 valence electrons. The predicted molar refractivity (Wildman–Crippen MR) is 117 cm³/mol. The third-order valence-corrected chi connectivity index (χ3v) is 5.33. The molecule has 0 aliphatic rings. The molecule has 2 N–H and O–H groups in total. The summed E-state index contributed by atoms with van der Waals surface area (Å²) in [6.07, 6.45) is 0. The summed E-state index contributed by atoms with van der Waals surface area (Å²) in [5.74, 6) is -1.44. The number of aromatic nitrogens is 4. The van der Waals surface area contributed by atoms with Gasteiger partial charge in [-0.2, -0.15) is 0 Å². The first-order valence-electron chi connectivity index (χ1n) is 9.83. The van der Waals surface area contributed by atoms with Crippen LogP contribution >= 0.6 is 0 Å². The number of rotatable bonds is 5. The van der Waals surface area contributed by atoms with Gasteiger partial charge in [0.15, 0.2) is 17.1 Å². The van der Waals surface area contributed by atoms with Crippen molar-refractivity contribution in [2.75, 3.05) is 0 Å². The van der Waals surface area contributed by atoms with E-state index in [2.05, 4.69) is 9.97 Å². The average Bonchev–Trinajstić information content (AvgIpc) is 3.01. The third-order valence-electron chi connectivity index (χ3n) is 5.33. The van der Waals surface area contributed by atoms with Crippen LogP contribution in [0.25, 0.3) is 16.9 Å². The number of nitrogens with two attached hydrogens (primary N) is 1. The molecule has 0 radical (unpaired) electrons. The Kier molecular flexibility index (Phi) is 5.17. The van der Waals surface area contributed by atoms with E-state index >= 15 is 0 Å². The van der Waals surface area contributed by atoms with Gasteiger partial charge in [-0.05, 0) is 62.2 Å². The lowest BCUT2D eigenvalue weighted by molar-refractivity contribution is 0.0966. The van der Waals surface area contributed by atoms with Crippen LogP contribution in [0.1, 0.15) is 37.8 Å². The number of carbonyl (C=O) groups excluding carboxylic acids is 2. The number of aryl methyl sites for hydroxylation is 3. The lowest BCUT2D eigenvalue weighted by Crippen LogP contribution is -2.27. The predicted octanol–water partition coefficient (Wildman–Crippen LogP) is 2.63. The van der Waals surface area contributed by atoms with Crippen molar-refractivity contribution >= 4 is 22.9 Å². The summed E-state index contributed by atoms with van der Waals surface area (Å²) >= 11 is 0. The summed E-state index contributed by atoms with van der Waals surface area (Å²) in [6, 6.07) is 10.5. The minimum absolute atomic E-state index is 0.0506. The number of carbonyl (C=O) groups is 2. The first kappa shape index (κ1) is 21.1. The second kappa shape index (κ2) is 7.84. The summed E-state index contributed by atoms with van der Waals surface area (Å²) in [4.78, 5) is 47.0. The van der Waals surface area contributed by atoms with Gasteiger partial charge in [0.2, 0.25) is 0 Å². The van der Waals surface area contributed by atoms with Gasteiger partial charge in [-0.25, -0.2) is 23.7 Å². The molecule has 0 fully saturated rings. The Labute approximate surface area is 182 Å². The lowest BCUT2D eigenvalue weighted by Gasteiger charge is -2.07. The molecule has 32 heavy (non-hydrogen) atoms. The SMILES string of the molecule is Cc1nc(C(N)=O)c2c(n1)n(-c1ccc(F)cc1)c(=O)n2CC(=O)c1ccc(C)c(C)c1. The Morgan fingerprint density at radius 2 is 1.69 bits per heavy atom. The maximum Gasteiger partial charge on any atom is 0.335 e. The van der Waals surface area contributed by atoms with E-state index in [1.54, 1.807) is 19.1 Å². The fourth-order valence-electron chi connectivity index (χ4n) is 3.55. The number of hydrogen-bond acceptors (Lipinski definition) is 5. The van der Waals surface area contributed by atoms with Crippen LogP contribution in [-0.2, 0) is 6.54 Å². The number of halogens is 1. The normalized spacial score (nSPS) is 11.1. The molecule has 0 bridgehead atoms. The zero-order valence-corrected chi connectivity index (χ0v) is 17.7. The van der Waals surface area contributed by atoms with Crippen molar-refractivity contribution in [1.29, 1.82) is 0 Å². The Balaban J connectivity index is 1.97.